The first-order valence-electron chi connectivity index (χ1n) is 5.14. The van der Waals surface area contributed by atoms with Gasteiger partial charge >= 0.3 is 5.97 Å². The molecule has 0 aromatic carbocycles. The molecule has 0 aromatic rings. The molecule has 1 saturated carbocycles. The molecule has 0 bridgehead atoms. The van der Waals surface area contributed by atoms with E-state index in [4.69, 9.17) is 5.11 Å². The maximum Gasteiger partial charge on any atom is 0.303 e. The van der Waals surface area contributed by atoms with Gasteiger partial charge in [0.15, 0.2) is 0 Å². The van der Waals surface area contributed by atoms with Gasteiger partial charge in [0.2, 0.25) is 0 Å². The standard InChI is InChI=1S/C10H14N2O3/c1-12-10(15)7-4-6(5-9(13)14)2-3-8(7)11-12/h6-7H,2-5H2,1H3,(H,13,14). The number of amides is 1. The van der Waals surface area contributed by atoms with E-state index in [1.807, 2.05) is 0 Å². The zero-order chi connectivity index (χ0) is 11.0. The van der Waals surface area contributed by atoms with Gasteiger partial charge in [0.25, 0.3) is 5.91 Å². The van der Waals surface area contributed by atoms with Crippen molar-refractivity contribution in [3.63, 3.8) is 0 Å². The highest BCUT2D eigenvalue weighted by Crippen LogP contribution is 2.33. The van der Waals surface area contributed by atoms with Crippen molar-refractivity contribution < 1.29 is 14.7 Å². The van der Waals surface area contributed by atoms with Crippen LogP contribution in [0.4, 0.5) is 0 Å². The molecule has 5 nitrogen and oxygen atoms in total. The molecule has 0 aromatic heterocycles. The molecule has 2 atom stereocenters. The number of hydrogen-bond acceptors (Lipinski definition) is 3. The number of aliphatic carboxylic acids is 1. The highest BCUT2D eigenvalue weighted by Gasteiger charge is 2.38. The number of hydrogen-bond donors (Lipinski definition) is 1. The topological polar surface area (TPSA) is 70.0 Å². The van der Waals surface area contributed by atoms with Crippen molar-refractivity contribution >= 4 is 17.6 Å². The Morgan fingerprint density at radius 2 is 2.40 bits per heavy atom. The first kappa shape index (κ1) is 10.1. The first-order chi connectivity index (χ1) is 7.08. The van der Waals surface area contributed by atoms with Crippen molar-refractivity contribution in [1.82, 2.24) is 5.01 Å². The minimum Gasteiger partial charge on any atom is -0.481 e. The monoisotopic (exact) mass is 210 g/mol. The van der Waals surface area contributed by atoms with Gasteiger partial charge in [-0.2, -0.15) is 5.10 Å². The van der Waals surface area contributed by atoms with Crippen LogP contribution in [0.2, 0.25) is 0 Å². The van der Waals surface area contributed by atoms with Crippen molar-refractivity contribution in [2.24, 2.45) is 16.9 Å². The molecule has 2 rings (SSSR count). The Morgan fingerprint density at radius 1 is 1.67 bits per heavy atom. The molecule has 1 fully saturated rings. The Balaban J connectivity index is 2.03. The molecule has 2 aliphatic rings. The molecule has 5 heteroatoms. The van der Waals surface area contributed by atoms with Crippen molar-refractivity contribution in [2.75, 3.05) is 7.05 Å². The van der Waals surface area contributed by atoms with Gasteiger partial charge in [0.1, 0.15) is 0 Å². The van der Waals surface area contributed by atoms with Gasteiger partial charge in [-0.3, -0.25) is 9.59 Å². The van der Waals surface area contributed by atoms with Crippen LogP contribution in [0, 0.1) is 11.8 Å². The number of rotatable bonds is 2. The molecule has 1 aliphatic carbocycles. The summed E-state index contributed by atoms with van der Waals surface area (Å²) >= 11 is 0. The third kappa shape index (κ3) is 1.86. The average Bonchev–Trinajstić information content (AvgIpc) is 2.43. The molecule has 0 saturated heterocycles. The Kier molecular flexibility index (Phi) is 2.46. The van der Waals surface area contributed by atoms with E-state index in [0.29, 0.717) is 6.42 Å². The van der Waals surface area contributed by atoms with Gasteiger partial charge in [-0.05, 0) is 25.2 Å². The van der Waals surface area contributed by atoms with Gasteiger partial charge in [-0.15, -0.1) is 0 Å². The van der Waals surface area contributed by atoms with Gasteiger partial charge < -0.3 is 5.11 Å². The minimum absolute atomic E-state index is 0.0140. The second-order valence-corrected chi connectivity index (χ2v) is 4.24. The van der Waals surface area contributed by atoms with E-state index in [9.17, 15) is 9.59 Å². The summed E-state index contributed by atoms with van der Waals surface area (Å²) in [5, 5.41) is 14.2. The molecular weight excluding hydrogens is 196 g/mol. The first-order valence-corrected chi connectivity index (χ1v) is 5.14. The maximum absolute atomic E-state index is 11.6. The third-order valence-corrected chi connectivity index (χ3v) is 3.14. The summed E-state index contributed by atoms with van der Waals surface area (Å²) in [6, 6.07) is 0. The van der Waals surface area contributed by atoms with Crippen LogP contribution >= 0.6 is 0 Å². The summed E-state index contributed by atoms with van der Waals surface area (Å²) in [4.78, 5) is 22.2. The summed E-state index contributed by atoms with van der Waals surface area (Å²) in [5.74, 6) is -0.783. The van der Waals surface area contributed by atoms with Crippen molar-refractivity contribution in [2.45, 2.75) is 25.7 Å². The lowest BCUT2D eigenvalue weighted by molar-refractivity contribution is -0.139. The van der Waals surface area contributed by atoms with Crippen LogP contribution in [0.15, 0.2) is 5.10 Å². The fraction of sp³-hybridized carbons (Fsp3) is 0.700. The van der Waals surface area contributed by atoms with Gasteiger partial charge in [-0.1, -0.05) is 0 Å². The molecule has 15 heavy (non-hydrogen) atoms. The quantitative estimate of drug-likeness (QED) is 0.729. The van der Waals surface area contributed by atoms with E-state index in [0.717, 1.165) is 18.6 Å². The molecule has 1 aliphatic heterocycles. The summed E-state index contributed by atoms with van der Waals surface area (Å²) in [5.41, 5.74) is 0.934. The van der Waals surface area contributed by atoms with E-state index < -0.39 is 5.97 Å². The number of nitrogens with zero attached hydrogens (tertiary/aromatic N) is 2. The number of carbonyl (C=O) groups is 2. The molecule has 0 radical (unpaired) electrons. The number of carboxylic acids is 1. The van der Waals surface area contributed by atoms with Crippen molar-refractivity contribution in [3.8, 4) is 0 Å². The van der Waals surface area contributed by atoms with Crippen LogP contribution in [0.5, 0.6) is 0 Å². The summed E-state index contributed by atoms with van der Waals surface area (Å²) in [6.07, 6.45) is 2.41. The highest BCUT2D eigenvalue weighted by molar-refractivity contribution is 6.08. The number of fused-ring (bicyclic) bond motifs is 1. The summed E-state index contributed by atoms with van der Waals surface area (Å²) in [7, 11) is 1.65. The fourth-order valence-electron chi connectivity index (χ4n) is 2.38. The lowest BCUT2D eigenvalue weighted by Gasteiger charge is -2.24. The van der Waals surface area contributed by atoms with Crippen LogP contribution in [0.1, 0.15) is 25.7 Å². The van der Waals surface area contributed by atoms with Crippen molar-refractivity contribution in [3.05, 3.63) is 0 Å². The third-order valence-electron chi connectivity index (χ3n) is 3.14. The zero-order valence-electron chi connectivity index (χ0n) is 8.64. The maximum atomic E-state index is 11.6. The van der Waals surface area contributed by atoms with Crippen LogP contribution in [0.3, 0.4) is 0 Å². The van der Waals surface area contributed by atoms with E-state index in [1.54, 1.807) is 7.05 Å². The van der Waals surface area contributed by atoms with Crippen molar-refractivity contribution in [1.29, 1.82) is 0 Å². The fourth-order valence-corrected chi connectivity index (χ4v) is 2.38. The molecule has 1 N–H and O–H groups in total. The molecule has 0 spiro atoms. The minimum atomic E-state index is -0.779. The Labute approximate surface area is 87.8 Å². The molecule has 1 amide bonds. The van der Waals surface area contributed by atoms with E-state index in [1.165, 1.54) is 5.01 Å². The normalized spacial score (nSPS) is 30.1. The van der Waals surface area contributed by atoms with Crippen LogP contribution in [-0.2, 0) is 9.59 Å². The number of carbonyl (C=O) groups excluding carboxylic acids is 1. The summed E-state index contributed by atoms with van der Waals surface area (Å²) in [6.45, 7) is 0. The second-order valence-electron chi connectivity index (χ2n) is 4.24. The average molecular weight is 210 g/mol. The van der Waals surface area contributed by atoms with Gasteiger partial charge in [-0.25, -0.2) is 5.01 Å². The van der Waals surface area contributed by atoms with E-state index in [2.05, 4.69) is 5.10 Å². The number of carboxylic acid groups (broad SMARTS) is 1. The Morgan fingerprint density at radius 3 is 3.07 bits per heavy atom. The molecular formula is C10H14N2O3. The van der Waals surface area contributed by atoms with Gasteiger partial charge in [0.05, 0.1) is 11.6 Å². The van der Waals surface area contributed by atoms with Crippen LogP contribution < -0.4 is 0 Å². The molecule has 1 heterocycles. The highest BCUT2D eigenvalue weighted by atomic mass is 16.4. The molecule has 82 valence electrons. The second kappa shape index (κ2) is 3.64. The Hall–Kier alpha value is -1.39. The predicted molar refractivity (Wildman–Crippen MR) is 53.3 cm³/mol. The van der Waals surface area contributed by atoms with Gasteiger partial charge in [0, 0.05) is 13.5 Å². The van der Waals surface area contributed by atoms with Crippen LogP contribution in [-0.4, -0.2) is 34.8 Å². The lowest BCUT2D eigenvalue weighted by atomic mass is 9.79. The predicted octanol–water partition coefficient (Wildman–Crippen LogP) is 0.705. The largest absolute Gasteiger partial charge is 0.481 e. The Bertz CT molecular complexity index is 338. The summed E-state index contributed by atoms with van der Waals surface area (Å²) < 4.78 is 0. The smallest absolute Gasteiger partial charge is 0.303 e. The van der Waals surface area contributed by atoms with E-state index in [-0.39, 0.29) is 24.2 Å². The SMILES string of the molecule is CN1N=C2CCC(CC(=O)O)CC2C1=O. The zero-order valence-corrected chi connectivity index (χ0v) is 8.64. The lowest BCUT2D eigenvalue weighted by Crippen LogP contribution is -2.31. The number of hydrazone groups is 1. The van der Waals surface area contributed by atoms with Crippen LogP contribution in [0.25, 0.3) is 0 Å². The van der Waals surface area contributed by atoms with E-state index >= 15 is 0 Å². The molecule has 2 unspecified atom stereocenters.